The summed E-state index contributed by atoms with van der Waals surface area (Å²) in [5.74, 6) is 0. The third kappa shape index (κ3) is 2.34. The number of nitrogens with zero attached hydrogens (tertiary/aromatic N) is 2. The van der Waals surface area contributed by atoms with Crippen molar-refractivity contribution in [2.75, 3.05) is 0 Å². The molecule has 0 aromatic heterocycles. The molecule has 0 radical (unpaired) electrons. The molecule has 1 aromatic rings. The topological polar surface area (TPSA) is 70.9 Å². The Bertz CT molecular complexity index is 545. The summed E-state index contributed by atoms with van der Waals surface area (Å²) in [7, 11) is -3.45. The lowest BCUT2D eigenvalue weighted by atomic mass is 10.4. The van der Waals surface area contributed by atoms with Crippen LogP contribution in [0.1, 0.15) is 0 Å². The van der Waals surface area contributed by atoms with Crippen molar-refractivity contribution in [1.82, 2.24) is 5.43 Å². The van der Waals surface area contributed by atoms with E-state index in [1.165, 1.54) is 24.7 Å². The molecular formula is C10H9N3O2S. The minimum atomic E-state index is -3.45. The van der Waals surface area contributed by atoms with Crippen LogP contribution in [0, 0.1) is 0 Å². The van der Waals surface area contributed by atoms with Gasteiger partial charge in [-0.1, -0.05) is 18.2 Å². The first-order chi connectivity index (χ1) is 7.68. The average Bonchev–Trinajstić information content (AvgIpc) is 2.31. The molecule has 5 nitrogen and oxygen atoms in total. The lowest BCUT2D eigenvalue weighted by molar-refractivity contribution is 0.604. The van der Waals surface area contributed by atoms with E-state index >= 15 is 0 Å². The minimum absolute atomic E-state index is 0.240. The second-order valence-corrected chi connectivity index (χ2v) is 4.84. The van der Waals surface area contributed by atoms with Crippen LogP contribution in [0.2, 0.25) is 0 Å². The Hall–Kier alpha value is -1.95. The molecule has 0 unspecified atom stereocenters. The predicted molar refractivity (Wildman–Crippen MR) is 61.8 cm³/mol. The highest BCUT2D eigenvalue weighted by Gasteiger charge is 2.11. The van der Waals surface area contributed by atoms with Gasteiger partial charge in [-0.25, -0.2) is 13.4 Å². The molecule has 0 bridgehead atoms. The van der Waals surface area contributed by atoms with Gasteiger partial charge in [0.15, 0.2) is 0 Å². The molecule has 82 valence electrons. The van der Waals surface area contributed by atoms with E-state index in [9.17, 15) is 8.42 Å². The molecule has 0 saturated heterocycles. The summed E-state index contributed by atoms with van der Waals surface area (Å²) < 4.78 is 23.7. The maximum absolute atomic E-state index is 11.9. The third-order valence-electron chi connectivity index (χ3n) is 1.89. The van der Waals surface area contributed by atoms with Crippen molar-refractivity contribution in [2.24, 2.45) is 10.1 Å². The highest BCUT2D eigenvalue weighted by atomic mass is 32.2. The molecule has 0 atom stereocenters. The van der Waals surface area contributed by atoms with Crippen molar-refractivity contribution in [3.8, 4) is 0 Å². The summed E-state index contributed by atoms with van der Waals surface area (Å²) in [4.78, 5) is 4.08. The fourth-order valence-electron chi connectivity index (χ4n) is 1.17. The molecule has 0 spiro atoms. The van der Waals surface area contributed by atoms with Gasteiger partial charge in [-0.05, 0) is 12.1 Å². The summed E-state index contributed by atoms with van der Waals surface area (Å²) in [6.45, 7) is 0. The van der Waals surface area contributed by atoms with E-state index in [4.69, 9.17) is 0 Å². The van der Waals surface area contributed by atoms with Gasteiger partial charge in [-0.15, -0.1) is 0 Å². The lowest BCUT2D eigenvalue weighted by Gasteiger charge is -2.01. The molecule has 1 aromatic carbocycles. The zero-order valence-corrected chi connectivity index (χ0v) is 9.05. The molecule has 0 fully saturated rings. The summed E-state index contributed by atoms with van der Waals surface area (Å²) in [5, 5.41) is 4.77. The van der Waals surface area contributed by atoms with Crippen LogP contribution in [0.25, 0.3) is 0 Å². The average molecular weight is 235 g/mol. The Labute approximate surface area is 93.1 Å². The number of allylic oxidation sites excluding steroid dienone is 1. The quantitative estimate of drug-likeness (QED) is 0.828. The van der Waals surface area contributed by atoms with Crippen LogP contribution >= 0.6 is 0 Å². The molecule has 1 N–H and O–H groups in total. The molecule has 0 aliphatic carbocycles. The fourth-order valence-corrected chi connectivity index (χ4v) is 2.28. The van der Waals surface area contributed by atoms with Gasteiger partial charge < -0.3 is 0 Å². The number of benzene rings is 1. The molecule has 1 aliphatic rings. The number of hydrogen-bond donors (Lipinski definition) is 1. The fraction of sp³-hybridized carbons (Fsp3) is 0. The maximum Gasteiger partial charge on any atom is 0.201 e. The number of nitrogens with one attached hydrogen (secondary N) is 1. The Morgan fingerprint density at radius 2 is 1.94 bits per heavy atom. The first-order valence-corrected chi connectivity index (χ1v) is 6.06. The molecular weight excluding hydrogens is 226 g/mol. The number of hydrogen-bond acceptors (Lipinski definition) is 5. The molecule has 1 heterocycles. The third-order valence-corrected chi connectivity index (χ3v) is 3.37. The van der Waals surface area contributed by atoms with E-state index in [0.717, 1.165) is 5.41 Å². The molecule has 0 saturated carbocycles. The van der Waals surface area contributed by atoms with Crippen LogP contribution in [0.15, 0.2) is 56.4 Å². The molecule has 2 rings (SSSR count). The number of aliphatic imine (C=N–C) groups is 1. The molecule has 1 aliphatic heterocycles. The van der Waals surface area contributed by atoms with Crippen molar-refractivity contribution in [2.45, 2.75) is 4.90 Å². The van der Waals surface area contributed by atoms with Crippen LogP contribution in [0.3, 0.4) is 0 Å². The van der Waals surface area contributed by atoms with Gasteiger partial charge in [0, 0.05) is 0 Å². The Balaban J connectivity index is 2.38. The van der Waals surface area contributed by atoms with Crippen LogP contribution in [0.5, 0.6) is 0 Å². The smallest absolute Gasteiger partial charge is 0.201 e. The maximum atomic E-state index is 11.9. The van der Waals surface area contributed by atoms with E-state index in [1.54, 1.807) is 18.2 Å². The summed E-state index contributed by atoms with van der Waals surface area (Å²) in [5.41, 5.74) is 2.78. The van der Waals surface area contributed by atoms with E-state index in [2.05, 4.69) is 15.5 Å². The van der Waals surface area contributed by atoms with Crippen LogP contribution < -0.4 is 5.43 Å². The van der Waals surface area contributed by atoms with Gasteiger partial charge in [0.1, 0.15) is 6.34 Å². The standard InChI is InChI=1S/C10H9N3O2S/c14-16(15,10-4-2-1-3-5-10)7-9-6-12-13-8-11-9/h1-8H,(H,11,13). The SMILES string of the molecule is O=S(=O)(C=C1C=NNC=N1)c1ccccc1. The minimum Gasteiger partial charge on any atom is -0.268 e. The zero-order valence-electron chi connectivity index (χ0n) is 8.24. The Morgan fingerprint density at radius 1 is 1.19 bits per heavy atom. The van der Waals surface area contributed by atoms with Crippen molar-refractivity contribution in [3.05, 3.63) is 41.4 Å². The second-order valence-electron chi connectivity index (χ2n) is 3.05. The molecule has 0 amide bonds. The van der Waals surface area contributed by atoms with Gasteiger partial charge in [-0.2, -0.15) is 5.10 Å². The summed E-state index contributed by atoms with van der Waals surface area (Å²) in [6.07, 6.45) is 2.67. The van der Waals surface area contributed by atoms with Gasteiger partial charge in [-0.3, -0.25) is 5.43 Å². The lowest BCUT2D eigenvalue weighted by Crippen LogP contribution is -2.08. The van der Waals surface area contributed by atoms with E-state index in [0.29, 0.717) is 5.70 Å². The monoisotopic (exact) mass is 235 g/mol. The first-order valence-electron chi connectivity index (χ1n) is 4.51. The van der Waals surface area contributed by atoms with Crippen molar-refractivity contribution >= 4 is 22.4 Å². The zero-order chi connectivity index (χ0) is 11.4. The normalized spacial score (nSPS) is 17.4. The first kappa shape index (κ1) is 10.6. The summed E-state index contributed by atoms with van der Waals surface area (Å²) >= 11 is 0. The van der Waals surface area contributed by atoms with Crippen molar-refractivity contribution in [3.63, 3.8) is 0 Å². The molecule has 16 heavy (non-hydrogen) atoms. The predicted octanol–water partition coefficient (Wildman–Crippen LogP) is 0.919. The Kier molecular flexibility index (Phi) is 2.82. The summed E-state index contributed by atoms with van der Waals surface area (Å²) in [6, 6.07) is 8.18. The van der Waals surface area contributed by atoms with E-state index in [1.807, 2.05) is 0 Å². The number of rotatable bonds is 2. The van der Waals surface area contributed by atoms with Gasteiger partial charge >= 0.3 is 0 Å². The van der Waals surface area contributed by atoms with Gasteiger partial charge in [0.25, 0.3) is 0 Å². The van der Waals surface area contributed by atoms with E-state index in [-0.39, 0.29) is 4.90 Å². The van der Waals surface area contributed by atoms with E-state index < -0.39 is 9.84 Å². The van der Waals surface area contributed by atoms with Gasteiger partial charge in [0.05, 0.1) is 22.2 Å². The number of hydrazone groups is 1. The van der Waals surface area contributed by atoms with Gasteiger partial charge in [0.2, 0.25) is 9.84 Å². The van der Waals surface area contributed by atoms with Crippen molar-refractivity contribution < 1.29 is 8.42 Å². The van der Waals surface area contributed by atoms with Crippen LogP contribution in [-0.2, 0) is 9.84 Å². The van der Waals surface area contributed by atoms with Crippen LogP contribution in [-0.4, -0.2) is 21.0 Å². The largest absolute Gasteiger partial charge is 0.268 e. The highest BCUT2D eigenvalue weighted by molar-refractivity contribution is 7.94. The highest BCUT2D eigenvalue weighted by Crippen LogP contribution is 2.13. The second kappa shape index (κ2) is 4.28. The number of sulfone groups is 1. The Morgan fingerprint density at radius 3 is 2.56 bits per heavy atom. The van der Waals surface area contributed by atoms with Crippen molar-refractivity contribution in [1.29, 1.82) is 0 Å². The van der Waals surface area contributed by atoms with Crippen LogP contribution in [0.4, 0.5) is 0 Å². The molecule has 6 heteroatoms.